The fraction of sp³-hybridized carbons (Fsp3) is 0.0556. The molecule has 0 aliphatic rings. The van der Waals surface area contributed by atoms with Gasteiger partial charge in [-0.2, -0.15) is 4.68 Å². The first-order valence-electron chi connectivity index (χ1n) is 7.39. The third-order valence-corrected chi connectivity index (χ3v) is 4.14. The van der Waals surface area contributed by atoms with E-state index in [0.29, 0.717) is 21.6 Å². The molecule has 0 amide bonds. The van der Waals surface area contributed by atoms with Crippen LogP contribution in [0.15, 0.2) is 48.5 Å². The highest BCUT2D eigenvalue weighted by atomic mass is 35.5. The average Bonchev–Trinajstić information content (AvgIpc) is 2.88. The summed E-state index contributed by atoms with van der Waals surface area (Å²) in [5.41, 5.74) is 8.75. The van der Waals surface area contributed by atoms with Gasteiger partial charge in [-0.3, -0.25) is 4.79 Å². The van der Waals surface area contributed by atoms with E-state index in [4.69, 9.17) is 17.3 Å². The normalized spacial score (nSPS) is 11.2. The molecule has 5 nitrogen and oxygen atoms in total. The maximum Gasteiger partial charge on any atom is 0.280 e. The number of rotatable bonds is 1. The van der Waals surface area contributed by atoms with Crippen LogP contribution in [0.1, 0.15) is 15.9 Å². The van der Waals surface area contributed by atoms with Gasteiger partial charge in [0.15, 0.2) is 11.5 Å². The van der Waals surface area contributed by atoms with Crippen molar-refractivity contribution in [3.05, 3.63) is 64.7 Å². The molecular formula is C18H13ClN4O. The second kappa shape index (κ2) is 5.32. The third-order valence-electron chi connectivity index (χ3n) is 3.90. The SMILES string of the molecule is Cc1ccc2cc3c(N)nn(C(=O)c4cccc(Cl)c4)c3nc2c1. The van der Waals surface area contributed by atoms with Crippen LogP contribution in [-0.4, -0.2) is 20.7 Å². The molecule has 118 valence electrons. The number of carbonyl (C=O) groups excluding carboxylic acids is 1. The number of anilines is 1. The molecule has 0 unspecified atom stereocenters. The van der Waals surface area contributed by atoms with E-state index in [1.54, 1.807) is 24.3 Å². The molecular weight excluding hydrogens is 324 g/mol. The quantitative estimate of drug-likeness (QED) is 0.573. The Morgan fingerprint density at radius 2 is 2.00 bits per heavy atom. The number of nitrogen functional groups attached to an aromatic ring is 1. The summed E-state index contributed by atoms with van der Waals surface area (Å²) in [4.78, 5) is 17.4. The van der Waals surface area contributed by atoms with E-state index in [9.17, 15) is 4.79 Å². The number of carbonyl (C=O) groups is 1. The molecule has 6 heteroatoms. The van der Waals surface area contributed by atoms with E-state index in [1.807, 2.05) is 31.2 Å². The highest BCUT2D eigenvalue weighted by molar-refractivity contribution is 6.31. The maximum absolute atomic E-state index is 12.8. The minimum atomic E-state index is -0.321. The number of pyridine rings is 1. The van der Waals surface area contributed by atoms with Crippen LogP contribution in [-0.2, 0) is 0 Å². The molecule has 24 heavy (non-hydrogen) atoms. The summed E-state index contributed by atoms with van der Waals surface area (Å²) >= 11 is 5.97. The van der Waals surface area contributed by atoms with Crippen molar-refractivity contribution in [2.24, 2.45) is 0 Å². The van der Waals surface area contributed by atoms with Crippen LogP contribution >= 0.6 is 11.6 Å². The van der Waals surface area contributed by atoms with E-state index in [-0.39, 0.29) is 11.7 Å². The van der Waals surface area contributed by atoms with Crippen LogP contribution < -0.4 is 5.73 Å². The summed E-state index contributed by atoms with van der Waals surface area (Å²) < 4.78 is 1.23. The molecule has 0 spiro atoms. The highest BCUT2D eigenvalue weighted by Crippen LogP contribution is 2.25. The largest absolute Gasteiger partial charge is 0.382 e. The number of nitrogens with zero attached hydrogens (tertiary/aromatic N) is 3. The summed E-state index contributed by atoms with van der Waals surface area (Å²) in [7, 11) is 0. The molecule has 2 N–H and O–H groups in total. The van der Waals surface area contributed by atoms with E-state index in [1.165, 1.54) is 4.68 Å². The Morgan fingerprint density at radius 3 is 2.79 bits per heavy atom. The van der Waals surface area contributed by atoms with Crippen LogP contribution in [0.25, 0.3) is 21.9 Å². The van der Waals surface area contributed by atoms with Crippen molar-refractivity contribution in [1.82, 2.24) is 14.8 Å². The Hall–Kier alpha value is -2.92. The predicted octanol–water partition coefficient (Wildman–Crippen LogP) is 3.82. The van der Waals surface area contributed by atoms with Crippen molar-refractivity contribution in [1.29, 1.82) is 0 Å². The lowest BCUT2D eigenvalue weighted by atomic mass is 10.1. The summed E-state index contributed by atoms with van der Waals surface area (Å²) in [6.45, 7) is 1.99. The van der Waals surface area contributed by atoms with Gasteiger partial charge < -0.3 is 5.73 Å². The van der Waals surface area contributed by atoms with Crippen molar-refractivity contribution < 1.29 is 4.79 Å². The lowest BCUT2D eigenvalue weighted by Gasteiger charge is -2.04. The van der Waals surface area contributed by atoms with E-state index >= 15 is 0 Å². The van der Waals surface area contributed by atoms with Gasteiger partial charge in [-0.25, -0.2) is 4.98 Å². The van der Waals surface area contributed by atoms with Crippen LogP contribution in [0.5, 0.6) is 0 Å². The van der Waals surface area contributed by atoms with Crippen molar-refractivity contribution in [2.75, 3.05) is 5.73 Å². The van der Waals surface area contributed by atoms with Gasteiger partial charge in [-0.05, 0) is 42.8 Å². The summed E-state index contributed by atoms with van der Waals surface area (Å²) in [6.07, 6.45) is 0. The molecule has 0 saturated carbocycles. The molecule has 0 atom stereocenters. The van der Waals surface area contributed by atoms with Crippen LogP contribution in [0.2, 0.25) is 5.02 Å². The number of halogens is 1. The predicted molar refractivity (Wildman–Crippen MR) is 95.4 cm³/mol. The zero-order valence-corrected chi connectivity index (χ0v) is 13.6. The lowest BCUT2D eigenvalue weighted by molar-refractivity contribution is 0.0950. The zero-order chi connectivity index (χ0) is 16.8. The summed E-state index contributed by atoms with van der Waals surface area (Å²) in [5.74, 6) is -0.0472. The molecule has 0 saturated heterocycles. The number of hydrogen-bond acceptors (Lipinski definition) is 4. The Kier molecular flexibility index (Phi) is 3.25. The highest BCUT2D eigenvalue weighted by Gasteiger charge is 2.18. The number of aromatic nitrogens is 3. The van der Waals surface area contributed by atoms with Gasteiger partial charge in [0.1, 0.15) is 0 Å². The molecule has 2 aromatic carbocycles. The molecule has 2 heterocycles. The second-order valence-corrected chi connectivity index (χ2v) is 6.10. The second-order valence-electron chi connectivity index (χ2n) is 5.67. The van der Waals surface area contributed by atoms with E-state index in [0.717, 1.165) is 16.5 Å². The standard InChI is InChI=1S/C18H13ClN4O/c1-10-5-6-11-9-14-16(20)22-23(17(14)21-15(11)7-10)18(24)12-3-2-4-13(19)8-12/h2-9H,1H3,(H2,20,22). The first-order valence-corrected chi connectivity index (χ1v) is 7.76. The van der Waals surface area contributed by atoms with Gasteiger partial charge in [0.05, 0.1) is 10.9 Å². The number of benzene rings is 2. The van der Waals surface area contributed by atoms with Crippen molar-refractivity contribution >= 4 is 45.3 Å². The fourth-order valence-corrected chi connectivity index (χ4v) is 2.90. The van der Waals surface area contributed by atoms with Crippen molar-refractivity contribution in [3.8, 4) is 0 Å². The number of hydrogen-bond donors (Lipinski definition) is 1. The molecule has 0 aliphatic heterocycles. The monoisotopic (exact) mass is 336 g/mol. The zero-order valence-electron chi connectivity index (χ0n) is 12.8. The van der Waals surface area contributed by atoms with Crippen LogP contribution in [0.3, 0.4) is 0 Å². The van der Waals surface area contributed by atoms with E-state index in [2.05, 4.69) is 10.1 Å². The minimum Gasteiger partial charge on any atom is -0.382 e. The third kappa shape index (κ3) is 2.30. The minimum absolute atomic E-state index is 0.273. The number of aryl methyl sites for hydroxylation is 1. The molecule has 2 aromatic heterocycles. The Labute approximate surface area is 142 Å². The smallest absolute Gasteiger partial charge is 0.280 e. The Balaban J connectivity index is 1.96. The van der Waals surface area contributed by atoms with Gasteiger partial charge in [0, 0.05) is 16.0 Å². The lowest BCUT2D eigenvalue weighted by Crippen LogP contribution is -2.14. The Bertz CT molecular complexity index is 1120. The maximum atomic E-state index is 12.8. The molecule has 4 aromatic rings. The topological polar surface area (TPSA) is 73.8 Å². The molecule has 0 radical (unpaired) electrons. The number of fused-ring (bicyclic) bond motifs is 2. The molecule has 4 rings (SSSR count). The first kappa shape index (κ1) is 14.7. The summed E-state index contributed by atoms with van der Waals surface area (Å²) in [5, 5.41) is 6.27. The van der Waals surface area contributed by atoms with Crippen molar-refractivity contribution in [2.45, 2.75) is 6.92 Å². The van der Waals surface area contributed by atoms with Gasteiger partial charge in [0.25, 0.3) is 5.91 Å². The van der Waals surface area contributed by atoms with Crippen LogP contribution in [0, 0.1) is 6.92 Å². The van der Waals surface area contributed by atoms with Crippen molar-refractivity contribution in [3.63, 3.8) is 0 Å². The molecule has 0 aliphatic carbocycles. The van der Waals surface area contributed by atoms with E-state index < -0.39 is 0 Å². The molecule has 0 fully saturated rings. The average molecular weight is 337 g/mol. The fourth-order valence-electron chi connectivity index (χ4n) is 2.71. The van der Waals surface area contributed by atoms with Crippen LogP contribution in [0.4, 0.5) is 5.82 Å². The van der Waals surface area contributed by atoms with Gasteiger partial charge in [0.2, 0.25) is 0 Å². The molecule has 0 bridgehead atoms. The van der Waals surface area contributed by atoms with Gasteiger partial charge in [-0.1, -0.05) is 29.8 Å². The first-order chi connectivity index (χ1) is 11.5. The van der Waals surface area contributed by atoms with Gasteiger partial charge >= 0.3 is 0 Å². The Morgan fingerprint density at radius 1 is 1.17 bits per heavy atom. The van der Waals surface area contributed by atoms with Gasteiger partial charge in [-0.15, -0.1) is 5.10 Å². The summed E-state index contributed by atoms with van der Waals surface area (Å²) in [6, 6.07) is 14.6. The number of nitrogens with two attached hydrogens (primary N) is 1.